The van der Waals surface area contributed by atoms with Crippen LogP contribution >= 0.6 is 11.6 Å². The average Bonchev–Trinajstić information content (AvgIpc) is 2.40. The summed E-state index contributed by atoms with van der Waals surface area (Å²) in [5, 5.41) is 14.4. The van der Waals surface area contributed by atoms with E-state index < -0.39 is 17.6 Å². The first kappa shape index (κ1) is 15.7. The second-order valence-corrected chi connectivity index (χ2v) is 5.53. The van der Waals surface area contributed by atoms with Crippen LogP contribution in [0.1, 0.15) is 25.7 Å². The molecule has 2 rings (SSSR count). The molecule has 114 valence electrons. The Labute approximate surface area is 126 Å². The number of hydrogen-bond donors (Lipinski definition) is 3. The van der Waals surface area contributed by atoms with E-state index in [1.165, 1.54) is 6.07 Å². The molecule has 1 aliphatic carbocycles. The van der Waals surface area contributed by atoms with Gasteiger partial charge in [0, 0.05) is 16.8 Å². The van der Waals surface area contributed by atoms with Crippen LogP contribution in [0.15, 0.2) is 18.2 Å². The summed E-state index contributed by atoms with van der Waals surface area (Å²) in [6.07, 6.45) is 2.14. The summed E-state index contributed by atoms with van der Waals surface area (Å²) < 4.78 is 13.1. The molecule has 0 aliphatic heterocycles. The van der Waals surface area contributed by atoms with Gasteiger partial charge in [-0.1, -0.05) is 11.6 Å². The van der Waals surface area contributed by atoms with Gasteiger partial charge in [0.05, 0.1) is 6.10 Å². The molecule has 1 aromatic rings. The molecule has 1 saturated carbocycles. The molecule has 0 atom stereocenters. The minimum absolute atomic E-state index is 0.122. The van der Waals surface area contributed by atoms with Crippen LogP contribution < -0.4 is 10.6 Å². The van der Waals surface area contributed by atoms with Gasteiger partial charge < -0.3 is 15.7 Å². The highest BCUT2D eigenvalue weighted by Crippen LogP contribution is 2.19. The molecule has 7 heteroatoms. The van der Waals surface area contributed by atoms with Gasteiger partial charge in [0.25, 0.3) is 0 Å². The summed E-state index contributed by atoms with van der Waals surface area (Å²) in [7, 11) is 0. The number of rotatable bonds is 2. The molecule has 0 bridgehead atoms. The van der Waals surface area contributed by atoms with Crippen LogP contribution in [0.5, 0.6) is 0 Å². The number of nitrogens with one attached hydrogen (secondary N) is 2. The zero-order valence-electron chi connectivity index (χ0n) is 11.2. The van der Waals surface area contributed by atoms with Crippen LogP contribution in [0.3, 0.4) is 0 Å². The van der Waals surface area contributed by atoms with Crippen molar-refractivity contribution in [3.63, 3.8) is 0 Å². The number of aliphatic hydroxyl groups excluding tert-OH is 1. The summed E-state index contributed by atoms with van der Waals surface area (Å²) >= 11 is 5.67. The van der Waals surface area contributed by atoms with Gasteiger partial charge in [-0.05, 0) is 43.9 Å². The number of amides is 2. The third-order valence-electron chi connectivity index (χ3n) is 3.36. The number of halogens is 2. The highest BCUT2D eigenvalue weighted by molar-refractivity contribution is 6.40. The van der Waals surface area contributed by atoms with Gasteiger partial charge in [0.1, 0.15) is 5.82 Å². The summed E-state index contributed by atoms with van der Waals surface area (Å²) in [5.74, 6) is -2.25. The molecule has 1 aliphatic rings. The molecule has 0 saturated heterocycles. The number of hydrogen-bond acceptors (Lipinski definition) is 3. The molecular weight excluding hydrogens is 299 g/mol. The molecule has 21 heavy (non-hydrogen) atoms. The van der Waals surface area contributed by atoms with Crippen LogP contribution in [0, 0.1) is 5.82 Å². The molecule has 0 spiro atoms. The maximum absolute atomic E-state index is 13.1. The van der Waals surface area contributed by atoms with E-state index in [1.807, 2.05) is 0 Å². The molecular formula is C14H16ClFN2O3. The third kappa shape index (κ3) is 4.68. The summed E-state index contributed by atoms with van der Waals surface area (Å²) in [6.45, 7) is 0. The third-order valence-corrected chi connectivity index (χ3v) is 3.58. The standard InChI is InChI=1S/C14H16ClFN2O3/c15-8-5-9(16)7-11(6-8)18-14(21)13(20)17-10-1-3-12(19)4-2-10/h5-7,10,12,19H,1-4H2,(H,17,20)(H,18,21). The van der Waals surface area contributed by atoms with Crippen molar-refractivity contribution >= 4 is 29.1 Å². The minimum atomic E-state index is -0.872. The molecule has 5 nitrogen and oxygen atoms in total. The smallest absolute Gasteiger partial charge is 0.313 e. The number of carbonyl (C=O) groups is 2. The van der Waals surface area contributed by atoms with Gasteiger partial charge >= 0.3 is 11.8 Å². The van der Waals surface area contributed by atoms with Crippen molar-refractivity contribution in [2.75, 3.05) is 5.32 Å². The molecule has 2 amide bonds. The van der Waals surface area contributed by atoms with Crippen LogP contribution in [-0.2, 0) is 9.59 Å². The van der Waals surface area contributed by atoms with Crippen LogP contribution in [0.4, 0.5) is 10.1 Å². The van der Waals surface area contributed by atoms with Gasteiger partial charge in [0.2, 0.25) is 0 Å². The lowest BCUT2D eigenvalue weighted by molar-refractivity contribution is -0.136. The Bertz CT molecular complexity index is 525. The lowest BCUT2D eigenvalue weighted by Crippen LogP contribution is -2.43. The predicted molar refractivity (Wildman–Crippen MR) is 76.4 cm³/mol. The van der Waals surface area contributed by atoms with Crippen molar-refractivity contribution in [2.24, 2.45) is 0 Å². The topological polar surface area (TPSA) is 78.4 Å². The van der Waals surface area contributed by atoms with E-state index in [-0.39, 0.29) is 22.9 Å². The molecule has 0 aromatic heterocycles. The molecule has 0 heterocycles. The first-order valence-electron chi connectivity index (χ1n) is 6.70. The largest absolute Gasteiger partial charge is 0.393 e. The van der Waals surface area contributed by atoms with Gasteiger partial charge in [0.15, 0.2) is 0 Å². The predicted octanol–water partition coefficient (Wildman–Crippen LogP) is 1.84. The van der Waals surface area contributed by atoms with Crippen LogP contribution in [0.25, 0.3) is 0 Å². The first-order valence-corrected chi connectivity index (χ1v) is 7.08. The SMILES string of the molecule is O=C(Nc1cc(F)cc(Cl)c1)C(=O)NC1CCC(O)CC1. The Balaban J connectivity index is 1.89. The molecule has 1 aromatic carbocycles. The normalized spacial score (nSPS) is 21.7. The van der Waals surface area contributed by atoms with E-state index in [1.54, 1.807) is 0 Å². The van der Waals surface area contributed by atoms with Crippen molar-refractivity contribution in [3.8, 4) is 0 Å². The average molecular weight is 315 g/mol. The van der Waals surface area contributed by atoms with Crippen molar-refractivity contribution in [3.05, 3.63) is 29.0 Å². The van der Waals surface area contributed by atoms with Crippen LogP contribution in [0.2, 0.25) is 5.02 Å². The number of anilines is 1. The maximum atomic E-state index is 13.1. The van der Waals surface area contributed by atoms with Crippen molar-refractivity contribution in [2.45, 2.75) is 37.8 Å². The Morgan fingerprint density at radius 1 is 1.14 bits per heavy atom. The Hall–Kier alpha value is -1.66. The number of benzene rings is 1. The zero-order chi connectivity index (χ0) is 15.4. The highest BCUT2D eigenvalue weighted by atomic mass is 35.5. The highest BCUT2D eigenvalue weighted by Gasteiger charge is 2.23. The number of aliphatic hydroxyl groups is 1. The zero-order valence-corrected chi connectivity index (χ0v) is 12.0. The lowest BCUT2D eigenvalue weighted by Gasteiger charge is -2.25. The maximum Gasteiger partial charge on any atom is 0.313 e. The Morgan fingerprint density at radius 3 is 2.43 bits per heavy atom. The van der Waals surface area contributed by atoms with Gasteiger partial charge in [-0.25, -0.2) is 4.39 Å². The minimum Gasteiger partial charge on any atom is -0.393 e. The fraction of sp³-hybridized carbons (Fsp3) is 0.429. The van der Waals surface area contributed by atoms with Crippen molar-refractivity contribution in [1.82, 2.24) is 5.32 Å². The first-order chi connectivity index (χ1) is 9.94. The molecule has 1 fully saturated rings. The van der Waals surface area contributed by atoms with E-state index in [9.17, 15) is 19.1 Å². The van der Waals surface area contributed by atoms with Gasteiger partial charge in [-0.15, -0.1) is 0 Å². The fourth-order valence-corrected chi connectivity index (χ4v) is 2.51. The molecule has 0 radical (unpaired) electrons. The second-order valence-electron chi connectivity index (χ2n) is 5.09. The van der Waals surface area contributed by atoms with Crippen LogP contribution in [-0.4, -0.2) is 29.1 Å². The van der Waals surface area contributed by atoms with Gasteiger partial charge in [-0.3, -0.25) is 9.59 Å². The quantitative estimate of drug-likeness (QED) is 0.729. The number of carbonyl (C=O) groups excluding carboxylic acids is 2. The summed E-state index contributed by atoms with van der Waals surface area (Å²) in [6, 6.07) is 3.41. The van der Waals surface area contributed by atoms with E-state index in [0.29, 0.717) is 25.7 Å². The summed E-state index contributed by atoms with van der Waals surface area (Å²) in [5.41, 5.74) is 0.124. The summed E-state index contributed by atoms with van der Waals surface area (Å²) in [4.78, 5) is 23.5. The molecule has 3 N–H and O–H groups in total. The van der Waals surface area contributed by atoms with E-state index >= 15 is 0 Å². The lowest BCUT2D eigenvalue weighted by atomic mass is 9.93. The van der Waals surface area contributed by atoms with Crippen molar-refractivity contribution in [1.29, 1.82) is 0 Å². The Kier molecular flexibility index (Phi) is 5.14. The van der Waals surface area contributed by atoms with Gasteiger partial charge in [-0.2, -0.15) is 0 Å². The van der Waals surface area contributed by atoms with E-state index in [4.69, 9.17) is 11.6 Å². The molecule has 0 unspecified atom stereocenters. The van der Waals surface area contributed by atoms with E-state index in [2.05, 4.69) is 10.6 Å². The fourth-order valence-electron chi connectivity index (χ4n) is 2.28. The Morgan fingerprint density at radius 2 is 1.81 bits per heavy atom. The monoisotopic (exact) mass is 314 g/mol. The van der Waals surface area contributed by atoms with E-state index in [0.717, 1.165) is 12.1 Å². The van der Waals surface area contributed by atoms with Crippen molar-refractivity contribution < 1.29 is 19.1 Å². The second kappa shape index (κ2) is 6.87.